The Labute approximate surface area is 97.5 Å². The van der Waals surface area contributed by atoms with E-state index in [4.69, 9.17) is 5.73 Å². The molecule has 1 heterocycles. The molecule has 0 radical (unpaired) electrons. The zero-order chi connectivity index (χ0) is 11.5. The Hall–Kier alpha value is -1.25. The Bertz CT molecular complexity index is 351. The quantitative estimate of drug-likeness (QED) is 0.804. The number of rotatable bonds is 2. The fourth-order valence-electron chi connectivity index (χ4n) is 2.53. The lowest BCUT2D eigenvalue weighted by Crippen LogP contribution is -2.35. The number of nitrogen functional groups attached to an aromatic ring is 1. The largest absolute Gasteiger partial charge is 0.382 e. The van der Waals surface area contributed by atoms with Gasteiger partial charge in [-0.05, 0) is 30.4 Å². The van der Waals surface area contributed by atoms with Crippen LogP contribution in [0.25, 0.3) is 0 Å². The normalized spacial score (nSPS) is 30.0. The van der Waals surface area contributed by atoms with E-state index < -0.39 is 0 Å². The van der Waals surface area contributed by atoms with Gasteiger partial charge in [-0.2, -0.15) is 0 Å². The van der Waals surface area contributed by atoms with Gasteiger partial charge >= 0.3 is 0 Å². The van der Waals surface area contributed by atoms with E-state index in [1.165, 1.54) is 19.3 Å². The number of nitrogens with zero attached hydrogens (tertiary/aromatic N) is 1. The molecule has 3 atom stereocenters. The minimum atomic E-state index is 0.537. The Morgan fingerprint density at radius 3 is 2.94 bits per heavy atom. The predicted molar refractivity (Wildman–Crippen MR) is 68.2 cm³/mol. The van der Waals surface area contributed by atoms with Crippen LogP contribution in [0.4, 0.5) is 11.5 Å². The minimum absolute atomic E-state index is 0.537. The summed E-state index contributed by atoms with van der Waals surface area (Å²) in [5.41, 5.74) is 6.82. The molecule has 1 aliphatic rings. The van der Waals surface area contributed by atoms with Gasteiger partial charge in [0.1, 0.15) is 5.82 Å². The minimum Gasteiger partial charge on any atom is -0.382 e. The molecule has 1 fully saturated rings. The predicted octanol–water partition coefficient (Wildman–Crippen LogP) is 2.90. The van der Waals surface area contributed by atoms with E-state index in [0.717, 1.165) is 11.6 Å². The van der Waals surface area contributed by atoms with Crippen molar-refractivity contribution in [3.05, 3.63) is 18.3 Å². The lowest BCUT2D eigenvalue weighted by atomic mass is 9.78. The van der Waals surface area contributed by atoms with Crippen LogP contribution >= 0.6 is 0 Å². The Morgan fingerprint density at radius 2 is 2.19 bits per heavy atom. The number of anilines is 2. The van der Waals surface area contributed by atoms with Crippen LogP contribution < -0.4 is 11.1 Å². The first-order valence-electron chi connectivity index (χ1n) is 6.15. The van der Waals surface area contributed by atoms with Gasteiger partial charge in [0.25, 0.3) is 0 Å². The Balaban J connectivity index is 2.06. The highest BCUT2D eigenvalue weighted by Gasteiger charge is 2.27. The summed E-state index contributed by atoms with van der Waals surface area (Å²) >= 11 is 0. The molecular weight excluding hydrogens is 198 g/mol. The Kier molecular flexibility index (Phi) is 3.32. The molecule has 0 bridgehead atoms. The SMILES string of the molecule is CC1CCCC(Nc2cccnc2N)C1C. The zero-order valence-electron chi connectivity index (χ0n) is 10.1. The molecule has 3 nitrogen and oxygen atoms in total. The van der Waals surface area contributed by atoms with Crippen molar-refractivity contribution in [3.8, 4) is 0 Å². The fourth-order valence-corrected chi connectivity index (χ4v) is 2.53. The lowest BCUT2D eigenvalue weighted by molar-refractivity contribution is 0.253. The number of hydrogen-bond acceptors (Lipinski definition) is 3. The molecule has 0 aliphatic heterocycles. The van der Waals surface area contributed by atoms with Gasteiger partial charge in [-0.1, -0.05) is 26.7 Å². The van der Waals surface area contributed by atoms with Crippen molar-refractivity contribution in [2.24, 2.45) is 11.8 Å². The topological polar surface area (TPSA) is 50.9 Å². The van der Waals surface area contributed by atoms with Crippen LogP contribution in [0.2, 0.25) is 0 Å². The summed E-state index contributed by atoms with van der Waals surface area (Å²) in [6.07, 6.45) is 5.62. The van der Waals surface area contributed by atoms with Crippen molar-refractivity contribution in [1.82, 2.24) is 4.98 Å². The van der Waals surface area contributed by atoms with Crippen molar-refractivity contribution < 1.29 is 0 Å². The summed E-state index contributed by atoms with van der Waals surface area (Å²) < 4.78 is 0. The third kappa shape index (κ3) is 2.29. The summed E-state index contributed by atoms with van der Waals surface area (Å²) in [6, 6.07) is 4.47. The van der Waals surface area contributed by atoms with Gasteiger partial charge < -0.3 is 11.1 Å². The van der Waals surface area contributed by atoms with E-state index >= 15 is 0 Å². The first-order chi connectivity index (χ1) is 7.68. The molecule has 0 amide bonds. The molecule has 2 rings (SSSR count). The molecule has 1 aromatic rings. The second-order valence-electron chi connectivity index (χ2n) is 4.95. The highest BCUT2D eigenvalue weighted by molar-refractivity contribution is 5.61. The van der Waals surface area contributed by atoms with Gasteiger partial charge in [0.2, 0.25) is 0 Å². The Morgan fingerprint density at radius 1 is 1.38 bits per heavy atom. The number of nitrogens with one attached hydrogen (secondary N) is 1. The molecule has 88 valence electrons. The molecule has 0 saturated heterocycles. The summed E-state index contributed by atoms with van der Waals surface area (Å²) in [7, 11) is 0. The van der Waals surface area contributed by atoms with Gasteiger partial charge in [0, 0.05) is 12.2 Å². The second-order valence-corrected chi connectivity index (χ2v) is 4.95. The van der Waals surface area contributed by atoms with E-state index in [9.17, 15) is 0 Å². The molecule has 0 spiro atoms. The van der Waals surface area contributed by atoms with Crippen molar-refractivity contribution >= 4 is 11.5 Å². The monoisotopic (exact) mass is 219 g/mol. The third-order valence-electron chi connectivity index (χ3n) is 3.89. The number of hydrogen-bond donors (Lipinski definition) is 2. The molecule has 1 saturated carbocycles. The molecule has 3 heteroatoms. The van der Waals surface area contributed by atoms with E-state index in [-0.39, 0.29) is 0 Å². The average Bonchev–Trinajstić information content (AvgIpc) is 2.28. The van der Waals surface area contributed by atoms with Crippen LogP contribution in [0.5, 0.6) is 0 Å². The zero-order valence-corrected chi connectivity index (χ0v) is 10.1. The molecule has 3 N–H and O–H groups in total. The molecule has 1 aliphatic carbocycles. The highest BCUT2D eigenvalue weighted by atomic mass is 15.0. The summed E-state index contributed by atoms with van der Waals surface area (Å²) in [5.74, 6) is 2.10. The number of aromatic nitrogens is 1. The van der Waals surface area contributed by atoms with Gasteiger partial charge in [0.15, 0.2) is 0 Å². The van der Waals surface area contributed by atoms with Crippen LogP contribution in [-0.2, 0) is 0 Å². The lowest BCUT2D eigenvalue weighted by Gasteiger charge is -2.35. The maximum absolute atomic E-state index is 5.84. The summed E-state index contributed by atoms with van der Waals surface area (Å²) in [4.78, 5) is 4.10. The molecule has 0 aromatic carbocycles. The molecular formula is C13H21N3. The van der Waals surface area contributed by atoms with Crippen molar-refractivity contribution in [2.75, 3.05) is 11.1 Å². The molecule has 3 unspecified atom stereocenters. The standard InChI is InChI=1S/C13H21N3/c1-9-5-3-6-11(10(9)2)16-12-7-4-8-15-13(12)14/h4,7-11,16H,3,5-6H2,1-2H3,(H2,14,15). The summed E-state index contributed by atoms with van der Waals surface area (Å²) in [5, 5.41) is 3.54. The first kappa shape index (κ1) is 11.2. The first-order valence-corrected chi connectivity index (χ1v) is 6.15. The number of pyridine rings is 1. The highest BCUT2D eigenvalue weighted by Crippen LogP contribution is 2.32. The smallest absolute Gasteiger partial charge is 0.146 e. The van der Waals surface area contributed by atoms with Gasteiger partial charge in [-0.15, -0.1) is 0 Å². The van der Waals surface area contributed by atoms with Gasteiger partial charge in [0.05, 0.1) is 5.69 Å². The van der Waals surface area contributed by atoms with E-state index in [1.807, 2.05) is 12.1 Å². The maximum Gasteiger partial charge on any atom is 0.146 e. The van der Waals surface area contributed by atoms with Crippen molar-refractivity contribution in [3.63, 3.8) is 0 Å². The van der Waals surface area contributed by atoms with E-state index in [1.54, 1.807) is 6.20 Å². The molecule has 16 heavy (non-hydrogen) atoms. The van der Waals surface area contributed by atoms with Gasteiger partial charge in [-0.25, -0.2) is 4.98 Å². The van der Waals surface area contributed by atoms with Crippen molar-refractivity contribution in [2.45, 2.75) is 39.2 Å². The van der Waals surface area contributed by atoms with Crippen LogP contribution in [0.3, 0.4) is 0 Å². The van der Waals surface area contributed by atoms with Crippen LogP contribution in [0, 0.1) is 11.8 Å². The van der Waals surface area contributed by atoms with Crippen molar-refractivity contribution in [1.29, 1.82) is 0 Å². The second kappa shape index (κ2) is 4.73. The van der Waals surface area contributed by atoms with Crippen LogP contribution in [0.15, 0.2) is 18.3 Å². The van der Waals surface area contributed by atoms with Gasteiger partial charge in [-0.3, -0.25) is 0 Å². The molecule has 1 aromatic heterocycles. The third-order valence-corrected chi connectivity index (χ3v) is 3.89. The van der Waals surface area contributed by atoms with E-state index in [0.29, 0.717) is 17.8 Å². The van der Waals surface area contributed by atoms with E-state index in [2.05, 4.69) is 24.1 Å². The summed E-state index contributed by atoms with van der Waals surface area (Å²) in [6.45, 7) is 4.67. The van der Waals surface area contributed by atoms with Crippen LogP contribution in [-0.4, -0.2) is 11.0 Å². The van der Waals surface area contributed by atoms with Crippen LogP contribution in [0.1, 0.15) is 33.1 Å². The maximum atomic E-state index is 5.84. The average molecular weight is 219 g/mol. The fraction of sp³-hybridized carbons (Fsp3) is 0.615. The number of nitrogens with two attached hydrogens (primary N) is 1.